The molecule has 7 nitrogen and oxygen atoms in total. The molecule has 0 saturated heterocycles. The number of aryl methyl sites for hydroxylation is 2. The molecule has 1 aliphatic rings. The van der Waals surface area contributed by atoms with Crippen molar-refractivity contribution >= 4 is 39.2 Å². The summed E-state index contributed by atoms with van der Waals surface area (Å²) in [5.74, 6) is 2.20. The van der Waals surface area contributed by atoms with Gasteiger partial charge in [0.05, 0.1) is 29.2 Å². The highest BCUT2D eigenvalue weighted by Crippen LogP contribution is 2.34. The largest absolute Gasteiger partial charge is 0.468 e. The third kappa shape index (κ3) is 4.41. The SMILES string of the molecule is CN(C)C(CNC(=O)CSCc1nc2sc3c(c2c(=O)[nH]1)CCC3)c1ccco1. The first-order valence-electron chi connectivity index (χ1n) is 9.60. The summed E-state index contributed by atoms with van der Waals surface area (Å²) in [6, 6.07) is 3.74. The van der Waals surface area contributed by atoms with Crippen LogP contribution >= 0.6 is 23.1 Å². The van der Waals surface area contributed by atoms with Gasteiger partial charge in [-0.15, -0.1) is 23.1 Å². The Labute approximate surface area is 176 Å². The van der Waals surface area contributed by atoms with Gasteiger partial charge in [0, 0.05) is 11.4 Å². The van der Waals surface area contributed by atoms with E-state index in [-0.39, 0.29) is 17.5 Å². The topological polar surface area (TPSA) is 91.2 Å². The van der Waals surface area contributed by atoms with Crippen molar-refractivity contribution in [3.05, 3.63) is 50.8 Å². The summed E-state index contributed by atoms with van der Waals surface area (Å²) in [4.78, 5) is 36.4. The molecule has 9 heteroatoms. The number of amides is 1. The number of aromatic amines is 1. The van der Waals surface area contributed by atoms with Crippen LogP contribution in [0.2, 0.25) is 0 Å². The smallest absolute Gasteiger partial charge is 0.259 e. The molecule has 0 aromatic carbocycles. The summed E-state index contributed by atoms with van der Waals surface area (Å²) < 4.78 is 5.46. The second-order valence-corrected chi connectivity index (χ2v) is 9.41. The number of aromatic nitrogens is 2. The summed E-state index contributed by atoms with van der Waals surface area (Å²) in [7, 11) is 3.90. The number of nitrogens with one attached hydrogen (secondary N) is 2. The van der Waals surface area contributed by atoms with Crippen molar-refractivity contribution in [2.75, 3.05) is 26.4 Å². The van der Waals surface area contributed by atoms with Crippen LogP contribution in [-0.2, 0) is 23.4 Å². The fraction of sp³-hybridized carbons (Fsp3) is 0.450. The van der Waals surface area contributed by atoms with Gasteiger partial charge in [-0.1, -0.05) is 0 Å². The highest BCUT2D eigenvalue weighted by Gasteiger charge is 2.21. The predicted molar refractivity (Wildman–Crippen MR) is 117 cm³/mol. The fourth-order valence-electron chi connectivity index (χ4n) is 3.64. The molecule has 0 fully saturated rings. The van der Waals surface area contributed by atoms with E-state index >= 15 is 0 Å². The molecule has 1 aliphatic carbocycles. The van der Waals surface area contributed by atoms with Crippen molar-refractivity contribution in [2.24, 2.45) is 0 Å². The van der Waals surface area contributed by atoms with Gasteiger partial charge in [-0.3, -0.25) is 14.5 Å². The van der Waals surface area contributed by atoms with Crippen molar-refractivity contribution < 1.29 is 9.21 Å². The molecule has 0 aliphatic heterocycles. The summed E-state index contributed by atoms with van der Waals surface area (Å²) in [6.45, 7) is 0.474. The standard InChI is InChI=1S/C20H24N4O3S2/c1-24(2)13(14-6-4-8-27-14)9-21-17(25)11-28-10-16-22-19(26)18-12-5-3-7-15(12)29-20(18)23-16/h4,6,8,13H,3,5,7,9-11H2,1-2H3,(H,21,25)(H,22,23,26). The Morgan fingerprint density at radius 1 is 1.45 bits per heavy atom. The number of nitrogens with zero attached hydrogens (tertiary/aromatic N) is 2. The van der Waals surface area contributed by atoms with Crippen molar-refractivity contribution in [3.63, 3.8) is 0 Å². The van der Waals surface area contributed by atoms with Gasteiger partial charge in [-0.2, -0.15) is 0 Å². The number of likely N-dealkylation sites (N-methyl/N-ethyl adjacent to an activating group) is 1. The molecule has 0 saturated carbocycles. The van der Waals surface area contributed by atoms with Crippen LogP contribution < -0.4 is 10.9 Å². The summed E-state index contributed by atoms with van der Waals surface area (Å²) in [6.07, 6.45) is 4.78. The molecule has 3 aromatic heterocycles. The van der Waals surface area contributed by atoms with Gasteiger partial charge in [0.1, 0.15) is 16.4 Å². The third-order valence-electron chi connectivity index (χ3n) is 5.08. The van der Waals surface area contributed by atoms with Gasteiger partial charge in [0.25, 0.3) is 5.56 Å². The van der Waals surface area contributed by atoms with Crippen molar-refractivity contribution in [1.82, 2.24) is 20.2 Å². The molecule has 1 unspecified atom stereocenters. The van der Waals surface area contributed by atoms with Crippen LogP contribution in [0.5, 0.6) is 0 Å². The van der Waals surface area contributed by atoms with Crippen LogP contribution in [0.15, 0.2) is 27.6 Å². The third-order valence-corrected chi connectivity index (χ3v) is 7.21. The maximum absolute atomic E-state index is 12.5. The summed E-state index contributed by atoms with van der Waals surface area (Å²) >= 11 is 3.08. The average Bonchev–Trinajstić information content (AvgIpc) is 3.38. The van der Waals surface area contributed by atoms with Crippen LogP contribution in [-0.4, -0.2) is 47.2 Å². The number of thioether (sulfide) groups is 1. The predicted octanol–water partition coefficient (Wildman–Crippen LogP) is 2.72. The number of carbonyl (C=O) groups is 1. The van der Waals surface area contributed by atoms with E-state index in [1.165, 1.54) is 22.2 Å². The lowest BCUT2D eigenvalue weighted by molar-refractivity contribution is -0.118. The first kappa shape index (κ1) is 20.2. The van der Waals surface area contributed by atoms with Crippen molar-refractivity contribution in [2.45, 2.75) is 31.1 Å². The maximum atomic E-state index is 12.5. The maximum Gasteiger partial charge on any atom is 0.259 e. The second-order valence-electron chi connectivity index (χ2n) is 7.34. The first-order chi connectivity index (χ1) is 14.0. The summed E-state index contributed by atoms with van der Waals surface area (Å²) in [5, 5.41) is 3.72. The average molecular weight is 433 g/mol. The Hall–Kier alpha value is -2.10. The normalized spacial score (nSPS) is 14.4. The number of furan rings is 1. The van der Waals surface area contributed by atoms with Crippen LogP contribution in [0.3, 0.4) is 0 Å². The second kappa shape index (κ2) is 8.73. The van der Waals surface area contributed by atoms with E-state index in [2.05, 4.69) is 15.3 Å². The Morgan fingerprint density at radius 3 is 3.07 bits per heavy atom. The quantitative estimate of drug-likeness (QED) is 0.569. The molecule has 1 amide bonds. The zero-order valence-corrected chi connectivity index (χ0v) is 18.1. The lowest BCUT2D eigenvalue weighted by Gasteiger charge is -2.22. The van der Waals surface area contributed by atoms with Gasteiger partial charge in [0.2, 0.25) is 5.91 Å². The van der Waals surface area contributed by atoms with Crippen LogP contribution in [0.1, 0.15) is 34.5 Å². The number of carbonyl (C=O) groups excluding carboxylic acids is 1. The lowest BCUT2D eigenvalue weighted by atomic mass is 10.2. The van der Waals surface area contributed by atoms with Crippen LogP contribution in [0.4, 0.5) is 0 Å². The van der Waals surface area contributed by atoms with Gasteiger partial charge in [-0.25, -0.2) is 4.98 Å². The number of rotatable bonds is 8. The minimum absolute atomic E-state index is 0.0137. The van der Waals surface area contributed by atoms with Gasteiger partial charge in [0.15, 0.2) is 0 Å². The molecular formula is C20H24N4O3S2. The highest BCUT2D eigenvalue weighted by atomic mass is 32.2. The minimum atomic E-state index is -0.0540. The molecule has 0 spiro atoms. The van der Waals surface area contributed by atoms with Gasteiger partial charge >= 0.3 is 0 Å². The zero-order chi connectivity index (χ0) is 20.4. The molecule has 0 radical (unpaired) electrons. The molecule has 3 heterocycles. The number of hydrogen-bond donors (Lipinski definition) is 2. The zero-order valence-electron chi connectivity index (χ0n) is 16.5. The molecule has 29 heavy (non-hydrogen) atoms. The van der Waals surface area contributed by atoms with E-state index in [0.717, 1.165) is 35.2 Å². The van der Waals surface area contributed by atoms with Gasteiger partial charge in [-0.05, 0) is 51.1 Å². The Kier molecular flexibility index (Phi) is 6.07. The number of H-pyrrole nitrogens is 1. The Morgan fingerprint density at radius 2 is 2.31 bits per heavy atom. The Bertz CT molecular complexity index is 1060. The van der Waals surface area contributed by atoms with Gasteiger partial charge < -0.3 is 14.7 Å². The monoisotopic (exact) mass is 432 g/mol. The molecule has 154 valence electrons. The first-order valence-corrected chi connectivity index (χ1v) is 11.6. The highest BCUT2D eigenvalue weighted by molar-refractivity contribution is 7.99. The number of fused-ring (bicyclic) bond motifs is 3. The van der Waals surface area contributed by atoms with E-state index in [9.17, 15) is 9.59 Å². The molecule has 3 aromatic rings. The number of thiophene rings is 1. The summed E-state index contributed by atoms with van der Waals surface area (Å²) in [5.41, 5.74) is 1.13. The van der Waals surface area contributed by atoms with E-state index in [1.54, 1.807) is 17.6 Å². The van der Waals surface area contributed by atoms with E-state index in [4.69, 9.17) is 4.42 Å². The van der Waals surface area contributed by atoms with E-state index in [0.29, 0.717) is 23.9 Å². The minimum Gasteiger partial charge on any atom is -0.468 e. The Balaban J connectivity index is 1.31. The van der Waals surface area contributed by atoms with E-state index < -0.39 is 0 Å². The van der Waals surface area contributed by atoms with Crippen molar-refractivity contribution in [1.29, 1.82) is 0 Å². The van der Waals surface area contributed by atoms with E-state index in [1.807, 2.05) is 31.1 Å². The lowest BCUT2D eigenvalue weighted by Crippen LogP contribution is -2.35. The fourth-order valence-corrected chi connectivity index (χ4v) is 5.64. The molecule has 2 N–H and O–H groups in total. The van der Waals surface area contributed by atoms with Crippen LogP contribution in [0.25, 0.3) is 10.2 Å². The molecular weight excluding hydrogens is 408 g/mol. The van der Waals surface area contributed by atoms with Crippen molar-refractivity contribution in [3.8, 4) is 0 Å². The van der Waals surface area contributed by atoms with Crippen LogP contribution in [0, 0.1) is 0 Å². The number of hydrogen-bond acceptors (Lipinski definition) is 7. The molecule has 4 rings (SSSR count). The molecule has 0 bridgehead atoms. The molecule has 1 atom stereocenters.